The standard InChI is InChI=1S/C32H40O11/c1-16(33)38-15-26-28(39-17(2)34)29(40-18(3)35)30(41-19(4)36)31(43-26)42-21-7-9-22-20(14-21)6-8-24-23(22)12-13-32(5)25(24)10-11-27(32)37/h7,9,14,23-26,28-31H,6,8,10-13,15H2,1-5H3/t23-,24-,25+,26-,28-,29+,30-,31?,32+/m1/s1. The van der Waals surface area contributed by atoms with Gasteiger partial charge < -0.3 is 28.4 Å². The van der Waals surface area contributed by atoms with Gasteiger partial charge in [-0.1, -0.05) is 13.0 Å². The molecule has 234 valence electrons. The summed E-state index contributed by atoms with van der Waals surface area (Å²) in [5, 5.41) is 0. The van der Waals surface area contributed by atoms with E-state index in [-0.39, 0.29) is 12.0 Å². The van der Waals surface area contributed by atoms with Crippen LogP contribution in [0.15, 0.2) is 18.2 Å². The molecule has 9 atom stereocenters. The number of hydrogen-bond donors (Lipinski definition) is 0. The third-order valence-corrected chi connectivity index (χ3v) is 9.61. The first kappa shape index (κ1) is 31.0. The molecule has 1 unspecified atom stereocenters. The average Bonchev–Trinajstić information content (AvgIpc) is 3.24. The summed E-state index contributed by atoms with van der Waals surface area (Å²) in [4.78, 5) is 60.5. The average molecular weight is 601 g/mol. The Hall–Kier alpha value is -3.47. The van der Waals surface area contributed by atoms with E-state index in [0.29, 0.717) is 35.7 Å². The van der Waals surface area contributed by atoms with Gasteiger partial charge in [0.05, 0.1) is 0 Å². The van der Waals surface area contributed by atoms with Crippen molar-refractivity contribution in [2.75, 3.05) is 6.61 Å². The van der Waals surface area contributed by atoms with Crippen LogP contribution in [-0.2, 0) is 54.1 Å². The summed E-state index contributed by atoms with van der Waals surface area (Å²) in [5.74, 6) is -0.542. The molecule has 0 aromatic heterocycles. The lowest BCUT2D eigenvalue weighted by Gasteiger charge is -2.48. The summed E-state index contributed by atoms with van der Waals surface area (Å²) < 4.78 is 34.0. The first-order valence-corrected chi connectivity index (χ1v) is 15.0. The van der Waals surface area contributed by atoms with E-state index in [2.05, 4.69) is 13.0 Å². The molecule has 43 heavy (non-hydrogen) atoms. The van der Waals surface area contributed by atoms with E-state index < -0.39 is 54.6 Å². The minimum Gasteiger partial charge on any atom is -0.463 e. The van der Waals surface area contributed by atoms with Crippen LogP contribution in [0.5, 0.6) is 5.75 Å². The number of aryl methyl sites for hydroxylation is 1. The highest BCUT2D eigenvalue weighted by Crippen LogP contribution is 2.59. The molecule has 5 rings (SSSR count). The molecule has 1 heterocycles. The van der Waals surface area contributed by atoms with Crippen LogP contribution in [0.1, 0.15) is 83.8 Å². The number of carbonyl (C=O) groups excluding carboxylic acids is 5. The molecule has 0 radical (unpaired) electrons. The van der Waals surface area contributed by atoms with Crippen LogP contribution >= 0.6 is 0 Å². The maximum atomic E-state index is 12.7. The molecular formula is C32H40O11. The second kappa shape index (κ2) is 12.3. The Balaban J connectivity index is 1.42. The topological polar surface area (TPSA) is 141 Å². The van der Waals surface area contributed by atoms with Crippen LogP contribution in [-0.4, -0.2) is 67.0 Å². The largest absolute Gasteiger partial charge is 0.463 e. The van der Waals surface area contributed by atoms with Crippen molar-refractivity contribution >= 4 is 29.7 Å². The Kier molecular flexibility index (Phi) is 8.83. The summed E-state index contributed by atoms with van der Waals surface area (Å²) in [7, 11) is 0. The quantitative estimate of drug-likeness (QED) is 0.335. The number of Topliss-reactive ketones (excluding diaryl/α,β-unsaturated/α-hetero) is 1. The predicted molar refractivity (Wildman–Crippen MR) is 149 cm³/mol. The summed E-state index contributed by atoms with van der Waals surface area (Å²) in [6.45, 7) is 6.59. The molecule has 3 fully saturated rings. The van der Waals surface area contributed by atoms with Crippen molar-refractivity contribution in [1.29, 1.82) is 0 Å². The molecule has 0 bridgehead atoms. The zero-order chi connectivity index (χ0) is 31.1. The molecule has 1 aliphatic heterocycles. The lowest BCUT2D eigenvalue weighted by atomic mass is 9.55. The molecule has 11 nitrogen and oxygen atoms in total. The van der Waals surface area contributed by atoms with Crippen molar-refractivity contribution in [2.45, 2.75) is 110 Å². The van der Waals surface area contributed by atoms with E-state index in [9.17, 15) is 24.0 Å². The summed E-state index contributed by atoms with van der Waals surface area (Å²) in [5.41, 5.74) is 2.22. The number of carbonyl (C=O) groups is 5. The molecule has 11 heteroatoms. The van der Waals surface area contributed by atoms with Gasteiger partial charge in [-0.05, 0) is 73.1 Å². The highest BCUT2D eigenvalue weighted by molar-refractivity contribution is 5.87. The van der Waals surface area contributed by atoms with E-state index >= 15 is 0 Å². The first-order chi connectivity index (χ1) is 20.4. The van der Waals surface area contributed by atoms with Crippen molar-refractivity contribution in [3.05, 3.63) is 29.3 Å². The van der Waals surface area contributed by atoms with Crippen LogP contribution < -0.4 is 4.74 Å². The Labute approximate surface area is 250 Å². The van der Waals surface area contributed by atoms with Gasteiger partial charge in [-0.25, -0.2) is 0 Å². The van der Waals surface area contributed by atoms with Crippen LogP contribution in [0.4, 0.5) is 0 Å². The minimum absolute atomic E-state index is 0.198. The number of ether oxygens (including phenoxy) is 6. The molecule has 3 aliphatic carbocycles. The number of benzene rings is 1. The normalized spacial score (nSPS) is 34.6. The van der Waals surface area contributed by atoms with Crippen molar-refractivity contribution in [1.82, 2.24) is 0 Å². The SMILES string of the molecule is CC(=O)OC[C@H]1OC(Oc2ccc3c(c2)CC[C@@H]2[C@@H]3CC[C@]3(C)C(=O)CC[C@@H]23)[C@H](OC(C)=O)[C@@H](OC(C)=O)[C@@H]1OC(C)=O. The van der Waals surface area contributed by atoms with Gasteiger partial charge in [0.15, 0.2) is 12.2 Å². The Morgan fingerprint density at radius 2 is 1.53 bits per heavy atom. The van der Waals surface area contributed by atoms with Gasteiger partial charge in [0.1, 0.15) is 24.2 Å². The number of fused-ring (bicyclic) bond motifs is 5. The van der Waals surface area contributed by atoms with Crippen molar-refractivity contribution < 1.29 is 52.4 Å². The molecule has 0 N–H and O–H groups in total. The fourth-order valence-corrected chi connectivity index (χ4v) is 7.82. The Morgan fingerprint density at radius 1 is 0.860 bits per heavy atom. The van der Waals surface area contributed by atoms with Gasteiger partial charge in [0.25, 0.3) is 0 Å². The van der Waals surface area contributed by atoms with Crippen LogP contribution in [0, 0.1) is 17.3 Å². The molecule has 4 aliphatic rings. The molecule has 0 spiro atoms. The van der Waals surface area contributed by atoms with Gasteiger partial charge in [-0.2, -0.15) is 0 Å². The molecular weight excluding hydrogens is 560 g/mol. The number of rotatable bonds is 7. The predicted octanol–water partition coefficient (Wildman–Crippen LogP) is 3.57. The van der Waals surface area contributed by atoms with Crippen LogP contribution in [0.3, 0.4) is 0 Å². The summed E-state index contributed by atoms with van der Waals surface area (Å²) in [6.07, 6.45) is -0.852. The zero-order valence-electron chi connectivity index (χ0n) is 25.3. The van der Waals surface area contributed by atoms with Crippen LogP contribution in [0.2, 0.25) is 0 Å². The minimum atomic E-state index is -1.30. The second-order valence-corrected chi connectivity index (χ2v) is 12.4. The van der Waals surface area contributed by atoms with Crippen molar-refractivity contribution in [3.63, 3.8) is 0 Å². The fraction of sp³-hybridized carbons (Fsp3) is 0.656. The Bertz CT molecular complexity index is 1290. The van der Waals surface area contributed by atoms with Crippen molar-refractivity contribution in [2.24, 2.45) is 17.3 Å². The van der Waals surface area contributed by atoms with E-state index in [1.54, 1.807) is 0 Å². The highest BCUT2D eigenvalue weighted by atomic mass is 16.7. The molecule has 1 aromatic rings. The maximum Gasteiger partial charge on any atom is 0.303 e. The van der Waals surface area contributed by atoms with Crippen LogP contribution in [0.25, 0.3) is 0 Å². The fourth-order valence-electron chi connectivity index (χ4n) is 7.82. The second-order valence-electron chi connectivity index (χ2n) is 12.4. The van der Waals surface area contributed by atoms with Gasteiger partial charge in [-0.15, -0.1) is 0 Å². The van der Waals surface area contributed by atoms with E-state index in [1.165, 1.54) is 33.3 Å². The van der Waals surface area contributed by atoms with Gasteiger partial charge >= 0.3 is 23.9 Å². The molecule has 1 aromatic carbocycles. The number of ketones is 1. The lowest BCUT2D eigenvalue weighted by Crippen LogP contribution is -2.63. The van der Waals surface area contributed by atoms with Gasteiger partial charge in [0, 0.05) is 39.5 Å². The first-order valence-electron chi connectivity index (χ1n) is 15.0. The number of hydrogen-bond acceptors (Lipinski definition) is 11. The third-order valence-electron chi connectivity index (χ3n) is 9.61. The molecule has 1 saturated heterocycles. The third kappa shape index (κ3) is 6.27. The van der Waals surface area contributed by atoms with E-state index in [1.807, 2.05) is 12.1 Å². The highest BCUT2D eigenvalue weighted by Gasteiger charge is 2.55. The lowest BCUT2D eigenvalue weighted by molar-refractivity contribution is -0.288. The molecule has 0 amide bonds. The summed E-state index contributed by atoms with van der Waals surface area (Å²) in [6, 6.07) is 5.85. The smallest absolute Gasteiger partial charge is 0.303 e. The maximum absolute atomic E-state index is 12.7. The monoisotopic (exact) mass is 600 g/mol. The Morgan fingerprint density at radius 3 is 2.21 bits per heavy atom. The zero-order valence-corrected chi connectivity index (χ0v) is 25.3. The van der Waals surface area contributed by atoms with Crippen molar-refractivity contribution in [3.8, 4) is 5.75 Å². The number of esters is 4. The molecule has 2 saturated carbocycles. The van der Waals surface area contributed by atoms with Gasteiger partial charge in [-0.3, -0.25) is 24.0 Å². The summed E-state index contributed by atoms with van der Waals surface area (Å²) >= 11 is 0. The van der Waals surface area contributed by atoms with E-state index in [4.69, 9.17) is 28.4 Å². The van der Waals surface area contributed by atoms with E-state index in [0.717, 1.165) is 37.7 Å². The van der Waals surface area contributed by atoms with Gasteiger partial charge in [0.2, 0.25) is 12.4 Å².